The fraction of sp³-hybridized carbons (Fsp3) is 0.167. The SMILES string of the molecule is Cc1noc(C)c1COc1cccc(C(=O)Nc2cc(Cl)c(Cl)cn2)c1. The first-order chi connectivity index (χ1) is 12.4. The second kappa shape index (κ2) is 7.76. The van der Waals surface area contributed by atoms with Crippen molar-refractivity contribution in [1.29, 1.82) is 0 Å². The van der Waals surface area contributed by atoms with E-state index in [4.69, 9.17) is 32.5 Å². The van der Waals surface area contributed by atoms with Gasteiger partial charge >= 0.3 is 0 Å². The summed E-state index contributed by atoms with van der Waals surface area (Å²) < 4.78 is 10.9. The van der Waals surface area contributed by atoms with Gasteiger partial charge in [0.1, 0.15) is 23.9 Å². The van der Waals surface area contributed by atoms with Crippen LogP contribution in [0.3, 0.4) is 0 Å². The first kappa shape index (κ1) is 18.2. The zero-order valence-corrected chi connectivity index (χ0v) is 15.6. The third kappa shape index (κ3) is 4.15. The lowest BCUT2D eigenvalue weighted by Crippen LogP contribution is -2.13. The van der Waals surface area contributed by atoms with Gasteiger partial charge in [0.15, 0.2) is 0 Å². The van der Waals surface area contributed by atoms with Crippen LogP contribution in [0.4, 0.5) is 5.82 Å². The number of rotatable bonds is 5. The fourth-order valence-electron chi connectivity index (χ4n) is 2.26. The minimum atomic E-state index is -0.335. The topological polar surface area (TPSA) is 77.2 Å². The van der Waals surface area contributed by atoms with Gasteiger partial charge in [-0.1, -0.05) is 34.4 Å². The van der Waals surface area contributed by atoms with Crippen LogP contribution in [0.1, 0.15) is 27.4 Å². The maximum absolute atomic E-state index is 12.4. The smallest absolute Gasteiger partial charge is 0.256 e. The van der Waals surface area contributed by atoms with Crippen LogP contribution in [0.2, 0.25) is 10.0 Å². The average Bonchev–Trinajstić information content (AvgIpc) is 2.94. The van der Waals surface area contributed by atoms with Crippen molar-refractivity contribution in [2.24, 2.45) is 0 Å². The Balaban J connectivity index is 1.70. The highest BCUT2D eigenvalue weighted by Gasteiger charge is 2.12. The number of pyridine rings is 1. The van der Waals surface area contributed by atoms with Crippen LogP contribution in [0.25, 0.3) is 0 Å². The quantitative estimate of drug-likeness (QED) is 0.673. The summed E-state index contributed by atoms with van der Waals surface area (Å²) in [5.74, 6) is 1.24. The van der Waals surface area contributed by atoms with E-state index in [2.05, 4.69) is 15.5 Å². The maximum atomic E-state index is 12.4. The highest BCUT2D eigenvalue weighted by molar-refractivity contribution is 6.42. The van der Waals surface area contributed by atoms with E-state index in [0.717, 1.165) is 11.3 Å². The first-order valence-corrected chi connectivity index (χ1v) is 8.46. The summed E-state index contributed by atoms with van der Waals surface area (Å²) in [6, 6.07) is 8.31. The Morgan fingerprint density at radius 1 is 1.23 bits per heavy atom. The molecular weight excluding hydrogens is 377 g/mol. The molecule has 3 aromatic rings. The number of nitrogens with zero attached hydrogens (tertiary/aromatic N) is 2. The molecular formula is C18H15Cl2N3O3. The molecule has 0 aliphatic rings. The van der Waals surface area contributed by atoms with Crippen molar-refractivity contribution >= 4 is 34.9 Å². The summed E-state index contributed by atoms with van der Waals surface area (Å²) in [4.78, 5) is 16.4. The van der Waals surface area contributed by atoms with E-state index < -0.39 is 0 Å². The van der Waals surface area contributed by atoms with Crippen LogP contribution in [0, 0.1) is 13.8 Å². The number of aromatic nitrogens is 2. The Morgan fingerprint density at radius 3 is 2.73 bits per heavy atom. The van der Waals surface area contributed by atoms with Gasteiger partial charge in [-0.15, -0.1) is 0 Å². The Hall–Kier alpha value is -2.57. The molecule has 1 aromatic carbocycles. The van der Waals surface area contributed by atoms with Crippen molar-refractivity contribution in [1.82, 2.24) is 10.1 Å². The molecule has 0 saturated heterocycles. The number of aryl methyl sites for hydroxylation is 2. The van der Waals surface area contributed by atoms with E-state index in [1.54, 1.807) is 24.3 Å². The van der Waals surface area contributed by atoms with E-state index in [-0.39, 0.29) is 5.91 Å². The van der Waals surface area contributed by atoms with Crippen molar-refractivity contribution in [3.05, 3.63) is 69.2 Å². The van der Waals surface area contributed by atoms with E-state index in [9.17, 15) is 4.79 Å². The summed E-state index contributed by atoms with van der Waals surface area (Å²) in [7, 11) is 0. The minimum absolute atomic E-state index is 0.306. The summed E-state index contributed by atoms with van der Waals surface area (Å²) in [5.41, 5.74) is 2.09. The minimum Gasteiger partial charge on any atom is -0.489 e. The van der Waals surface area contributed by atoms with Gasteiger partial charge in [0.25, 0.3) is 5.91 Å². The number of ether oxygens (including phenoxy) is 1. The Labute approximate surface area is 160 Å². The summed E-state index contributed by atoms with van der Waals surface area (Å²) in [5, 5.41) is 7.19. The molecule has 0 radical (unpaired) electrons. The maximum Gasteiger partial charge on any atom is 0.256 e. The highest BCUT2D eigenvalue weighted by atomic mass is 35.5. The number of hydrogen-bond acceptors (Lipinski definition) is 5. The predicted molar refractivity (Wildman–Crippen MR) is 99.0 cm³/mol. The number of carbonyl (C=O) groups excluding carboxylic acids is 1. The summed E-state index contributed by atoms with van der Waals surface area (Å²) in [6.07, 6.45) is 1.38. The van der Waals surface area contributed by atoms with Crippen LogP contribution in [-0.4, -0.2) is 16.0 Å². The molecule has 0 bridgehead atoms. The van der Waals surface area contributed by atoms with Gasteiger partial charge in [0.05, 0.1) is 21.3 Å². The number of amides is 1. The number of hydrogen-bond donors (Lipinski definition) is 1. The second-order valence-electron chi connectivity index (χ2n) is 5.56. The Kier molecular flexibility index (Phi) is 5.44. The van der Waals surface area contributed by atoms with Gasteiger partial charge in [0, 0.05) is 17.8 Å². The Morgan fingerprint density at radius 2 is 2.04 bits per heavy atom. The average molecular weight is 392 g/mol. The van der Waals surface area contributed by atoms with E-state index >= 15 is 0 Å². The molecule has 2 heterocycles. The fourth-order valence-corrected chi connectivity index (χ4v) is 2.52. The molecule has 134 valence electrons. The van der Waals surface area contributed by atoms with Crippen LogP contribution >= 0.6 is 23.2 Å². The molecule has 6 nitrogen and oxygen atoms in total. The lowest BCUT2D eigenvalue weighted by atomic mass is 10.2. The monoisotopic (exact) mass is 391 g/mol. The molecule has 3 rings (SSSR count). The molecule has 2 aromatic heterocycles. The molecule has 8 heteroatoms. The molecule has 0 fully saturated rings. The van der Waals surface area contributed by atoms with E-state index in [0.29, 0.717) is 39.5 Å². The molecule has 0 aliphatic carbocycles. The van der Waals surface area contributed by atoms with Crippen LogP contribution in [0.5, 0.6) is 5.75 Å². The molecule has 26 heavy (non-hydrogen) atoms. The Bertz CT molecular complexity index is 937. The van der Waals surface area contributed by atoms with Gasteiger partial charge in [-0.25, -0.2) is 4.98 Å². The van der Waals surface area contributed by atoms with Crippen LogP contribution < -0.4 is 10.1 Å². The highest BCUT2D eigenvalue weighted by Crippen LogP contribution is 2.23. The summed E-state index contributed by atoms with van der Waals surface area (Å²) >= 11 is 11.7. The second-order valence-corrected chi connectivity index (χ2v) is 6.37. The first-order valence-electron chi connectivity index (χ1n) is 7.71. The van der Waals surface area contributed by atoms with Gasteiger partial charge in [-0.3, -0.25) is 4.79 Å². The molecule has 1 amide bonds. The number of halogens is 2. The van der Waals surface area contributed by atoms with Gasteiger partial charge in [-0.2, -0.15) is 0 Å². The van der Waals surface area contributed by atoms with Gasteiger partial charge in [-0.05, 0) is 32.0 Å². The number of anilines is 1. The molecule has 0 atom stereocenters. The number of benzene rings is 1. The molecule has 0 saturated carbocycles. The number of nitrogens with one attached hydrogen (secondary N) is 1. The van der Waals surface area contributed by atoms with Crippen LogP contribution in [0.15, 0.2) is 41.1 Å². The van der Waals surface area contributed by atoms with Crippen molar-refractivity contribution in [2.45, 2.75) is 20.5 Å². The van der Waals surface area contributed by atoms with Crippen molar-refractivity contribution in [3.63, 3.8) is 0 Å². The molecule has 0 spiro atoms. The largest absolute Gasteiger partial charge is 0.489 e. The lowest BCUT2D eigenvalue weighted by Gasteiger charge is -2.09. The predicted octanol–water partition coefficient (Wildman–Crippen LogP) is 4.82. The standard InChI is InChI=1S/C18H15Cl2N3O3/c1-10-14(11(2)26-23-10)9-25-13-5-3-4-12(6-13)18(24)22-17-7-15(19)16(20)8-21-17/h3-8H,9H2,1-2H3,(H,21,22,24). The van der Waals surface area contributed by atoms with Crippen molar-refractivity contribution in [2.75, 3.05) is 5.32 Å². The van der Waals surface area contributed by atoms with Crippen LogP contribution in [-0.2, 0) is 6.61 Å². The normalized spacial score (nSPS) is 10.6. The third-order valence-corrected chi connectivity index (χ3v) is 4.42. The molecule has 0 aliphatic heterocycles. The zero-order valence-electron chi connectivity index (χ0n) is 14.0. The van der Waals surface area contributed by atoms with Crippen molar-refractivity contribution in [3.8, 4) is 5.75 Å². The van der Waals surface area contributed by atoms with E-state index in [1.807, 2.05) is 13.8 Å². The zero-order chi connectivity index (χ0) is 18.7. The van der Waals surface area contributed by atoms with Gasteiger partial charge in [0.2, 0.25) is 0 Å². The molecule has 0 unspecified atom stereocenters. The third-order valence-electron chi connectivity index (χ3n) is 3.71. The lowest BCUT2D eigenvalue weighted by molar-refractivity contribution is 0.102. The van der Waals surface area contributed by atoms with Crippen molar-refractivity contribution < 1.29 is 14.1 Å². The molecule has 1 N–H and O–H groups in total. The van der Waals surface area contributed by atoms with Gasteiger partial charge < -0.3 is 14.6 Å². The van der Waals surface area contributed by atoms with E-state index in [1.165, 1.54) is 12.3 Å². The summed E-state index contributed by atoms with van der Waals surface area (Å²) in [6.45, 7) is 3.98. The number of carbonyl (C=O) groups is 1.